The molecule has 2 aromatic carbocycles. The van der Waals surface area contributed by atoms with Crippen molar-refractivity contribution in [2.45, 2.75) is 11.4 Å². The highest BCUT2D eigenvalue weighted by Crippen LogP contribution is 2.19. The quantitative estimate of drug-likeness (QED) is 0.577. The second-order valence-electron chi connectivity index (χ2n) is 6.43. The van der Waals surface area contributed by atoms with Crippen molar-refractivity contribution in [2.75, 3.05) is 33.3 Å². The van der Waals surface area contributed by atoms with Crippen LogP contribution in [0.3, 0.4) is 0 Å². The monoisotopic (exact) mass is 392 g/mol. The van der Waals surface area contributed by atoms with E-state index in [4.69, 9.17) is 4.74 Å². The van der Waals surface area contributed by atoms with Gasteiger partial charge in [-0.3, -0.25) is 10.1 Å². The van der Waals surface area contributed by atoms with Crippen molar-refractivity contribution in [3.63, 3.8) is 0 Å². The van der Waals surface area contributed by atoms with Gasteiger partial charge in [0.15, 0.2) is 0 Å². The Bertz CT molecular complexity index is 907. The number of nitro benzene ring substituents is 1. The van der Waals surface area contributed by atoms with Gasteiger partial charge in [0.25, 0.3) is 5.69 Å². The topological polar surface area (TPSA) is 94.2 Å². The molecule has 1 aliphatic heterocycles. The third-order valence-corrected chi connectivity index (χ3v) is 6.62. The number of nitrogens with zero attached hydrogens (tertiary/aromatic N) is 2. The van der Waals surface area contributed by atoms with Crippen molar-refractivity contribution in [3.05, 3.63) is 64.2 Å². The molecule has 1 fully saturated rings. The molecule has 3 rings (SSSR count). The van der Waals surface area contributed by atoms with Gasteiger partial charge in [0.05, 0.1) is 43.1 Å². The summed E-state index contributed by atoms with van der Waals surface area (Å²) in [4.78, 5) is 11.9. The zero-order chi connectivity index (χ0) is 19.4. The molecule has 27 heavy (non-hydrogen) atoms. The first-order valence-corrected chi connectivity index (χ1v) is 10.1. The Morgan fingerprint density at radius 2 is 1.81 bits per heavy atom. The van der Waals surface area contributed by atoms with Crippen molar-refractivity contribution < 1.29 is 23.0 Å². The van der Waals surface area contributed by atoms with Crippen molar-refractivity contribution in [2.24, 2.45) is 0 Å². The van der Waals surface area contributed by atoms with Gasteiger partial charge in [0.2, 0.25) is 10.0 Å². The molecule has 0 spiro atoms. The number of nitrogens with one attached hydrogen (secondary N) is 1. The van der Waals surface area contributed by atoms with Crippen molar-refractivity contribution in [3.8, 4) is 5.75 Å². The van der Waals surface area contributed by atoms with E-state index in [1.807, 2.05) is 6.07 Å². The van der Waals surface area contributed by atoms with Gasteiger partial charge in [-0.2, -0.15) is 4.31 Å². The number of rotatable bonds is 6. The Morgan fingerprint density at radius 3 is 2.41 bits per heavy atom. The Balaban J connectivity index is 1.62. The van der Waals surface area contributed by atoms with E-state index in [1.165, 1.54) is 22.4 Å². The summed E-state index contributed by atoms with van der Waals surface area (Å²) < 4.78 is 32.1. The Labute approximate surface area is 158 Å². The van der Waals surface area contributed by atoms with E-state index in [0.29, 0.717) is 38.5 Å². The van der Waals surface area contributed by atoms with Crippen LogP contribution < -0.4 is 9.64 Å². The number of non-ortho nitro benzene ring substituents is 1. The van der Waals surface area contributed by atoms with Gasteiger partial charge >= 0.3 is 0 Å². The number of hydrogen-bond acceptors (Lipinski definition) is 5. The van der Waals surface area contributed by atoms with Gasteiger partial charge in [-0.15, -0.1) is 0 Å². The molecule has 2 aromatic rings. The lowest BCUT2D eigenvalue weighted by Crippen LogP contribution is -3.13. The number of benzene rings is 2. The molecule has 0 aromatic heterocycles. The molecule has 144 valence electrons. The van der Waals surface area contributed by atoms with E-state index >= 15 is 0 Å². The molecule has 0 unspecified atom stereocenters. The fourth-order valence-corrected chi connectivity index (χ4v) is 4.63. The second-order valence-corrected chi connectivity index (χ2v) is 8.37. The summed E-state index contributed by atoms with van der Waals surface area (Å²) in [5, 5.41) is 10.9. The number of sulfonamides is 1. The molecular formula is C18H22N3O5S+. The SMILES string of the molecule is COc1ccc(S(=O)(=O)N2CC[NH+](Cc3cccc([N+](=O)[O-])c3)CC2)cc1. The summed E-state index contributed by atoms with van der Waals surface area (Å²) in [7, 11) is -1.99. The lowest BCUT2D eigenvalue weighted by Gasteiger charge is -2.31. The van der Waals surface area contributed by atoms with Crippen LogP contribution in [0, 0.1) is 10.1 Å². The molecular weight excluding hydrogens is 370 g/mol. The molecule has 1 N–H and O–H groups in total. The van der Waals surface area contributed by atoms with Crippen LogP contribution >= 0.6 is 0 Å². The van der Waals surface area contributed by atoms with E-state index in [0.717, 1.165) is 5.56 Å². The first-order valence-electron chi connectivity index (χ1n) is 8.61. The van der Waals surface area contributed by atoms with E-state index in [2.05, 4.69) is 0 Å². The molecule has 1 aliphatic rings. The van der Waals surface area contributed by atoms with E-state index in [9.17, 15) is 18.5 Å². The third-order valence-electron chi connectivity index (χ3n) is 4.70. The third kappa shape index (κ3) is 4.44. The number of ether oxygens (including phenoxy) is 1. The highest BCUT2D eigenvalue weighted by molar-refractivity contribution is 7.89. The molecule has 0 radical (unpaired) electrons. The molecule has 0 saturated carbocycles. The number of quaternary nitrogens is 1. The summed E-state index contributed by atoms with van der Waals surface area (Å²) >= 11 is 0. The maximum absolute atomic E-state index is 12.8. The highest BCUT2D eigenvalue weighted by atomic mass is 32.2. The standard InChI is InChI=1S/C18H21N3O5S/c1-26-17-5-7-18(8-6-17)27(24,25)20-11-9-19(10-12-20)14-15-3-2-4-16(13-15)21(22)23/h2-8,13H,9-12,14H2,1H3/p+1. The molecule has 1 heterocycles. The van der Waals surface area contributed by atoms with Crippen molar-refractivity contribution >= 4 is 15.7 Å². The molecule has 0 aliphatic carbocycles. The minimum absolute atomic E-state index is 0.0765. The molecule has 0 atom stereocenters. The predicted molar refractivity (Wildman–Crippen MR) is 99.2 cm³/mol. The van der Waals surface area contributed by atoms with Crippen LogP contribution in [0.15, 0.2) is 53.4 Å². The van der Waals surface area contributed by atoms with Crippen molar-refractivity contribution in [1.29, 1.82) is 0 Å². The maximum Gasteiger partial charge on any atom is 0.269 e. The van der Waals surface area contributed by atoms with Crippen LogP contribution in [0.4, 0.5) is 5.69 Å². The van der Waals surface area contributed by atoms with Crippen LogP contribution in [0.2, 0.25) is 0 Å². The van der Waals surface area contributed by atoms with Crippen LogP contribution in [0.5, 0.6) is 5.75 Å². The largest absolute Gasteiger partial charge is 0.497 e. The number of hydrogen-bond donors (Lipinski definition) is 1. The first-order chi connectivity index (χ1) is 12.9. The fraction of sp³-hybridized carbons (Fsp3) is 0.333. The van der Waals surface area contributed by atoms with Crippen molar-refractivity contribution in [1.82, 2.24) is 4.31 Å². The van der Waals surface area contributed by atoms with E-state index < -0.39 is 14.9 Å². The molecule has 9 heteroatoms. The Kier molecular flexibility index (Phi) is 5.73. The smallest absolute Gasteiger partial charge is 0.269 e. The average molecular weight is 392 g/mol. The number of nitro groups is 1. The van der Waals surface area contributed by atoms with Gasteiger partial charge in [-0.25, -0.2) is 8.42 Å². The molecule has 1 saturated heterocycles. The second kappa shape index (κ2) is 8.03. The van der Waals surface area contributed by atoms with E-state index in [1.54, 1.807) is 36.4 Å². The zero-order valence-electron chi connectivity index (χ0n) is 15.0. The summed E-state index contributed by atoms with van der Waals surface area (Å²) in [5.41, 5.74) is 0.957. The summed E-state index contributed by atoms with van der Waals surface area (Å²) in [6.45, 7) is 2.77. The van der Waals surface area contributed by atoms with Gasteiger partial charge in [0, 0.05) is 17.7 Å². The lowest BCUT2D eigenvalue weighted by atomic mass is 10.2. The van der Waals surface area contributed by atoms with Crippen LogP contribution in [-0.4, -0.2) is 50.9 Å². The van der Waals surface area contributed by atoms with Crippen LogP contribution in [0.25, 0.3) is 0 Å². The maximum atomic E-state index is 12.8. The van der Waals surface area contributed by atoms with Crippen LogP contribution in [-0.2, 0) is 16.6 Å². The number of piperazine rings is 1. The minimum atomic E-state index is -3.53. The fourth-order valence-electron chi connectivity index (χ4n) is 3.19. The Hall–Kier alpha value is -2.49. The summed E-state index contributed by atoms with van der Waals surface area (Å²) in [6, 6.07) is 13.0. The van der Waals surface area contributed by atoms with E-state index in [-0.39, 0.29) is 10.6 Å². The van der Waals surface area contributed by atoms with Gasteiger partial charge in [0.1, 0.15) is 12.3 Å². The first kappa shape index (κ1) is 19.3. The molecule has 0 amide bonds. The molecule has 8 nitrogen and oxygen atoms in total. The summed E-state index contributed by atoms with van der Waals surface area (Å²) in [6.07, 6.45) is 0. The summed E-state index contributed by atoms with van der Waals surface area (Å²) in [5.74, 6) is 0.611. The average Bonchev–Trinajstić information content (AvgIpc) is 2.68. The lowest BCUT2D eigenvalue weighted by molar-refractivity contribution is -0.917. The zero-order valence-corrected chi connectivity index (χ0v) is 15.8. The van der Waals surface area contributed by atoms with Gasteiger partial charge in [-0.1, -0.05) is 12.1 Å². The van der Waals surface area contributed by atoms with Crippen LogP contribution in [0.1, 0.15) is 5.56 Å². The predicted octanol–water partition coefficient (Wildman–Crippen LogP) is 0.693. The Morgan fingerprint density at radius 1 is 1.15 bits per heavy atom. The highest BCUT2D eigenvalue weighted by Gasteiger charge is 2.30. The minimum Gasteiger partial charge on any atom is -0.497 e. The normalized spacial score (nSPS) is 16.2. The molecule has 0 bridgehead atoms. The van der Waals surface area contributed by atoms with Gasteiger partial charge in [-0.05, 0) is 24.3 Å². The van der Waals surface area contributed by atoms with Gasteiger partial charge < -0.3 is 9.64 Å². The number of methoxy groups -OCH3 is 1.